The molecule has 0 saturated heterocycles. The molecule has 2 nitrogen and oxygen atoms in total. The van der Waals surface area contributed by atoms with Crippen LogP contribution in [0.4, 0.5) is 13.2 Å². The van der Waals surface area contributed by atoms with E-state index in [0.29, 0.717) is 5.57 Å². The summed E-state index contributed by atoms with van der Waals surface area (Å²) in [5.41, 5.74) is 0.308. The SMILES string of the molecule is O=C(O)CC1=CC=CC(C(F)(F)F)C1. The third kappa shape index (κ3) is 2.90. The maximum atomic E-state index is 12.2. The van der Waals surface area contributed by atoms with Gasteiger partial charge in [-0.25, -0.2) is 0 Å². The lowest BCUT2D eigenvalue weighted by molar-refractivity contribution is -0.161. The molecule has 1 aliphatic carbocycles. The average Bonchev–Trinajstić information content (AvgIpc) is 2.01. The number of alkyl halides is 3. The van der Waals surface area contributed by atoms with Gasteiger partial charge in [-0.15, -0.1) is 0 Å². The van der Waals surface area contributed by atoms with Crippen molar-refractivity contribution >= 4 is 5.97 Å². The lowest BCUT2D eigenvalue weighted by Gasteiger charge is -2.20. The van der Waals surface area contributed by atoms with Gasteiger partial charge in [0.15, 0.2) is 0 Å². The molecule has 0 aliphatic heterocycles. The topological polar surface area (TPSA) is 37.3 Å². The van der Waals surface area contributed by atoms with Crippen molar-refractivity contribution in [2.24, 2.45) is 5.92 Å². The predicted molar refractivity (Wildman–Crippen MR) is 43.6 cm³/mol. The molecule has 1 aliphatic rings. The van der Waals surface area contributed by atoms with E-state index in [1.54, 1.807) is 0 Å². The highest BCUT2D eigenvalue weighted by Crippen LogP contribution is 2.34. The highest BCUT2D eigenvalue weighted by molar-refractivity contribution is 5.70. The summed E-state index contributed by atoms with van der Waals surface area (Å²) < 4.78 is 36.7. The normalized spacial score (nSPS) is 21.9. The Balaban J connectivity index is 2.64. The first-order valence-corrected chi connectivity index (χ1v) is 4.04. The molecule has 0 spiro atoms. The minimum Gasteiger partial charge on any atom is -0.481 e. The van der Waals surface area contributed by atoms with Gasteiger partial charge in [-0.1, -0.05) is 23.8 Å². The maximum Gasteiger partial charge on any atom is 0.395 e. The number of aliphatic carboxylic acids is 1. The molecule has 0 radical (unpaired) electrons. The number of carboxylic acids is 1. The molecule has 0 heterocycles. The quantitative estimate of drug-likeness (QED) is 0.753. The first-order valence-electron chi connectivity index (χ1n) is 4.04. The molecule has 0 aromatic carbocycles. The molecule has 5 heteroatoms. The molecule has 0 fully saturated rings. The monoisotopic (exact) mass is 206 g/mol. The van der Waals surface area contributed by atoms with Crippen LogP contribution in [0.5, 0.6) is 0 Å². The second-order valence-electron chi connectivity index (χ2n) is 3.13. The Morgan fingerprint density at radius 1 is 1.57 bits per heavy atom. The summed E-state index contributed by atoms with van der Waals surface area (Å²) in [6.07, 6.45) is -1.11. The van der Waals surface area contributed by atoms with Crippen LogP contribution < -0.4 is 0 Å². The fourth-order valence-electron chi connectivity index (χ4n) is 1.29. The summed E-state index contributed by atoms with van der Waals surface area (Å²) in [5, 5.41) is 8.41. The molecule has 0 aromatic heterocycles. The second kappa shape index (κ2) is 3.86. The first kappa shape index (κ1) is 10.8. The highest BCUT2D eigenvalue weighted by atomic mass is 19.4. The number of rotatable bonds is 2. The van der Waals surface area contributed by atoms with E-state index in [-0.39, 0.29) is 12.8 Å². The molecular weight excluding hydrogens is 197 g/mol. The van der Waals surface area contributed by atoms with E-state index in [2.05, 4.69) is 0 Å². The van der Waals surface area contributed by atoms with Crippen molar-refractivity contribution in [3.05, 3.63) is 23.8 Å². The molecule has 1 rings (SSSR count). The van der Waals surface area contributed by atoms with E-state index < -0.39 is 18.1 Å². The number of carbonyl (C=O) groups is 1. The van der Waals surface area contributed by atoms with E-state index in [4.69, 9.17) is 5.11 Å². The summed E-state index contributed by atoms with van der Waals surface area (Å²) in [6.45, 7) is 0. The molecule has 1 atom stereocenters. The molecular formula is C9H9F3O2. The maximum absolute atomic E-state index is 12.2. The average molecular weight is 206 g/mol. The van der Waals surface area contributed by atoms with Crippen molar-refractivity contribution in [3.63, 3.8) is 0 Å². The van der Waals surface area contributed by atoms with E-state index >= 15 is 0 Å². The van der Waals surface area contributed by atoms with E-state index in [0.717, 1.165) is 6.08 Å². The zero-order chi connectivity index (χ0) is 10.8. The Kier molecular flexibility index (Phi) is 2.98. The fourth-order valence-corrected chi connectivity index (χ4v) is 1.29. The molecule has 14 heavy (non-hydrogen) atoms. The Hall–Kier alpha value is -1.26. The number of allylic oxidation sites excluding steroid dienone is 3. The summed E-state index contributed by atoms with van der Waals surface area (Å²) in [5.74, 6) is -2.64. The number of hydrogen-bond acceptors (Lipinski definition) is 1. The smallest absolute Gasteiger partial charge is 0.395 e. The third-order valence-electron chi connectivity index (χ3n) is 1.96. The van der Waals surface area contributed by atoms with E-state index in [9.17, 15) is 18.0 Å². The zero-order valence-corrected chi connectivity index (χ0v) is 7.21. The third-order valence-corrected chi connectivity index (χ3v) is 1.96. The minimum atomic E-state index is -4.28. The Morgan fingerprint density at radius 2 is 2.21 bits per heavy atom. The summed E-state index contributed by atoms with van der Waals surface area (Å²) in [6, 6.07) is 0. The molecule has 1 unspecified atom stereocenters. The molecule has 78 valence electrons. The minimum absolute atomic E-state index is 0.244. The number of hydrogen-bond donors (Lipinski definition) is 1. The molecule has 0 saturated carbocycles. The van der Waals surface area contributed by atoms with Gasteiger partial charge in [0.25, 0.3) is 0 Å². The van der Waals surface area contributed by atoms with Crippen LogP contribution in [0.15, 0.2) is 23.8 Å². The lowest BCUT2D eigenvalue weighted by Crippen LogP contribution is -2.23. The van der Waals surface area contributed by atoms with Gasteiger partial charge in [-0.3, -0.25) is 4.79 Å². The van der Waals surface area contributed by atoms with Gasteiger partial charge in [0, 0.05) is 0 Å². The van der Waals surface area contributed by atoms with Gasteiger partial charge in [0.05, 0.1) is 12.3 Å². The van der Waals surface area contributed by atoms with Crippen LogP contribution in [0.3, 0.4) is 0 Å². The van der Waals surface area contributed by atoms with Crippen molar-refractivity contribution in [1.82, 2.24) is 0 Å². The van der Waals surface area contributed by atoms with Crippen LogP contribution in [0.2, 0.25) is 0 Å². The Labute approximate surface area is 78.7 Å². The van der Waals surface area contributed by atoms with E-state index in [1.807, 2.05) is 0 Å². The van der Waals surface area contributed by atoms with Crippen LogP contribution >= 0.6 is 0 Å². The van der Waals surface area contributed by atoms with Crippen molar-refractivity contribution < 1.29 is 23.1 Å². The highest BCUT2D eigenvalue weighted by Gasteiger charge is 2.38. The van der Waals surface area contributed by atoms with E-state index in [1.165, 1.54) is 12.2 Å². The number of halogens is 3. The Morgan fingerprint density at radius 3 is 2.71 bits per heavy atom. The summed E-state index contributed by atoms with van der Waals surface area (Å²) >= 11 is 0. The first-order chi connectivity index (χ1) is 6.39. The molecule has 0 aromatic rings. The van der Waals surface area contributed by atoms with Crippen molar-refractivity contribution in [2.75, 3.05) is 0 Å². The summed E-state index contributed by atoms with van der Waals surface area (Å²) in [7, 11) is 0. The summed E-state index contributed by atoms with van der Waals surface area (Å²) in [4.78, 5) is 10.3. The molecule has 0 amide bonds. The van der Waals surface area contributed by atoms with Gasteiger partial charge < -0.3 is 5.11 Å². The fraction of sp³-hybridized carbons (Fsp3) is 0.444. The van der Waals surface area contributed by atoms with Crippen molar-refractivity contribution in [1.29, 1.82) is 0 Å². The van der Waals surface area contributed by atoms with Crippen LogP contribution in [-0.2, 0) is 4.79 Å². The van der Waals surface area contributed by atoms with Gasteiger partial charge in [-0.05, 0) is 6.42 Å². The number of carboxylic acid groups (broad SMARTS) is 1. The van der Waals surface area contributed by atoms with Gasteiger partial charge in [-0.2, -0.15) is 13.2 Å². The molecule has 0 bridgehead atoms. The van der Waals surface area contributed by atoms with Crippen LogP contribution in [0.1, 0.15) is 12.8 Å². The van der Waals surface area contributed by atoms with Crippen molar-refractivity contribution in [2.45, 2.75) is 19.0 Å². The van der Waals surface area contributed by atoms with Crippen LogP contribution in [0, 0.1) is 5.92 Å². The lowest BCUT2D eigenvalue weighted by atomic mass is 9.92. The van der Waals surface area contributed by atoms with Gasteiger partial charge in [0.2, 0.25) is 0 Å². The van der Waals surface area contributed by atoms with Gasteiger partial charge in [0.1, 0.15) is 0 Å². The van der Waals surface area contributed by atoms with Gasteiger partial charge >= 0.3 is 12.1 Å². The van der Waals surface area contributed by atoms with Crippen molar-refractivity contribution in [3.8, 4) is 0 Å². The largest absolute Gasteiger partial charge is 0.481 e. The molecule has 1 N–H and O–H groups in total. The van der Waals surface area contributed by atoms with Crippen LogP contribution in [-0.4, -0.2) is 17.3 Å². The second-order valence-corrected chi connectivity index (χ2v) is 3.13. The Bertz CT molecular complexity index is 289. The van der Waals surface area contributed by atoms with Crippen LogP contribution in [0.25, 0.3) is 0 Å². The standard InChI is InChI=1S/C9H9F3O2/c10-9(11,12)7-3-1-2-6(4-7)5-8(13)14/h1-3,7H,4-5H2,(H,13,14). The predicted octanol–water partition coefficient (Wildman–Crippen LogP) is 2.53. The zero-order valence-electron chi connectivity index (χ0n) is 7.21.